The first-order valence-corrected chi connectivity index (χ1v) is 10.4. The van der Waals surface area contributed by atoms with E-state index in [2.05, 4.69) is 12.2 Å². The van der Waals surface area contributed by atoms with E-state index < -0.39 is 0 Å². The average Bonchev–Trinajstić information content (AvgIpc) is 2.96. The molecule has 0 atom stereocenters. The summed E-state index contributed by atoms with van der Waals surface area (Å²) in [5.41, 5.74) is 1.00. The molecule has 0 spiro atoms. The Hall–Kier alpha value is -2.70. The van der Waals surface area contributed by atoms with E-state index in [0.29, 0.717) is 43.5 Å². The molecule has 0 aliphatic carbocycles. The van der Waals surface area contributed by atoms with Gasteiger partial charge in [-0.2, -0.15) is 0 Å². The molecule has 0 saturated carbocycles. The van der Waals surface area contributed by atoms with E-state index in [9.17, 15) is 19.2 Å². The lowest BCUT2D eigenvalue weighted by Gasteiger charge is -2.32. The fraction of sp³-hybridized carbons (Fsp3) is 0.545. The number of imide groups is 1. The lowest BCUT2D eigenvalue weighted by Crippen LogP contribution is -2.46. The van der Waals surface area contributed by atoms with E-state index in [4.69, 9.17) is 0 Å². The van der Waals surface area contributed by atoms with Crippen molar-refractivity contribution in [2.45, 2.75) is 65.0 Å². The molecule has 1 aromatic carbocycles. The first-order valence-electron chi connectivity index (χ1n) is 10.4. The Morgan fingerprint density at radius 2 is 1.76 bits per heavy atom. The van der Waals surface area contributed by atoms with Crippen LogP contribution in [0.1, 0.15) is 83.9 Å². The minimum atomic E-state index is -0.353. The quantitative estimate of drug-likeness (QED) is 0.745. The van der Waals surface area contributed by atoms with Crippen LogP contribution >= 0.6 is 0 Å². The highest BCUT2D eigenvalue weighted by Crippen LogP contribution is 2.26. The van der Waals surface area contributed by atoms with Crippen molar-refractivity contribution in [3.05, 3.63) is 34.9 Å². The number of nitrogens with one attached hydrogen (secondary N) is 1. The maximum absolute atomic E-state index is 12.7. The van der Waals surface area contributed by atoms with Crippen molar-refractivity contribution in [3.63, 3.8) is 0 Å². The lowest BCUT2D eigenvalue weighted by atomic mass is 10.0. The Labute approximate surface area is 171 Å². The summed E-state index contributed by atoms with van der Waals surface area (Å²) in [6.45, 7) is 6.93. The Morgan fingerprint density at radius 1 is 1.10 bits per heavy atom. The highest BCUT2D eigenvalue weighted by atomic mass is 16.2. The lowest BCUT2D eigenvalue weighted by molar-refractivity contribution is -0.132. The standard InChI is InChI=1S/C22H29N3O4/c1-4-5-6-19(26)24-11-9-16(10-12-24)23-20(27)15-7-8-17-18(13-15)22(29)25(14(2)3)21(17)28/h7-8,13-14,16H,4-6,9-12H2,1-3H3,(H,23,27). The highest BCUT2D eigenvalue weighted by Gasteiger charge is 2.37. The summed E-state index contributed by atoms with van der Waals surface area (Å²) < 4.78 is 0. The Kier molecular flexibility index (Phi) is 6.35. The van der Waals surface area contributed by atoms with Gasteiger partial charge in [0.1, 0.15) is 0 Å². The van der Waals surface area contributed by atoms with Gasteiger partial charge in [0.15, 0.2) is 0 Å². The number of fused-ring (bicyclic) bond motifs is 1. The fourth-order valence-electron chi connectivity index (χ4n) is 3.90. The molecule has 1 fully saturated rings. The van der Waals surface area contributed by atoms with Crippen LogP contribution in [0.15, 0.2) is 18.2 Å². The Bertz CT molecular complexity index is 825. The molecule has 4 amide bonds. The molecule has 0 unspecified atom stereocenters. The van der Waals surface area contributed by atoms with Crippen molar-refractivity contribution >= 4 is 23.6 Å². The number of nitrogens with zero attached hydrogens (tertiary/aromatic N) is 2. The van der Waals surface area contributed by atoms with Crippen LogP contribution in [0, 0.1) is 0 Å². The zero-order valence-electron chi connectivity index (χ0n) is 17.4. The van der Waals surface area contributed by atoms with E-state index in [1.165, 1.54) is 11.0 Å². The third-order valence-electron chi connectivity index (χ3n) is 5.62. The zero-order valence-corrected chi connectivity index (χ0v) is 17.4. The van der Waals surface area contributed by atoms with E-state index in [1.54, 1.807) is 26.0 Å². The molecule has 1 N–H and O–H groups in total. The molecule has 2 aliphatic heterocycles. The summed E-state index contributed by atoms with van der Waals surface area (Å²) in [7, 11) is 0. The van der Waals surface area contributed by atoms with Gasteiger partial charge < -0.3 is 10.2 Å². The summed E-state index contributed by atoms with van der Waals surface area (Å²) in [5.74, 6) is -0.736. The number of hydrogen-bond donors (Lipinski definition) is 1. The van der Waals surface area contributed by atoms with Gasteiger partial charge in [-0.05, 0) is 51.3 Å². The van der Waals surface area contributed by atoms with Crippen LogP contribution in [-0.2, 0) is 4.79 Å². The zero-order chi connectivity index (χ0) is 21.1. The van der Waals surface area contributed by atoms with Gasteiger partial charge in [0.2, 0.25) is 5.91 Å². The normalized spacial score (nSPS) is 17.1. The molecule has 156 valence electrons. The average molecular weight is 399 g/mol. The first-order chi connectivity index (χ1) is 13.8. The van der Waals surface area contributed by atoms with Crippen LogP contribution < -0.4 is 5.32 Å². The predicted molar refractivity (Wildman–Crippen MR) is 109 cm³/mol. The topological polar surface area (TPSA) is 86.8 Å². The summed E-state index contributed by atoms with van der Waals surface area (Å²) >= 11 is 0. The van der Waals surface area contributed by atoms with Crippen LogP contribution in [0.25, 0.3) is 0 Å². The van der Waals surface area contributed by atoms with E-state index in [1.807, 2.05) is 4.90 Å². The minimum absolute atomic E-state index is 0.00419. The number of hydrogen-bond acceptors (Lipinski definition) is 4. The number of rotatable bonds is 6. The van der Waals surface area contributed by atoms with Gasteiger partial charge in [-0.25, -0.2) is 0 Å². The Morgan fingerprint density at radius 3 is 2.38 bits per heavy atom. The molecule has 29 heavy (non-hydrogen) atoms. The number of amides is 4. The number of carbonyl (C=O) groups is 4. The molecule has 7 nitrogen and oxygen atoms in total. The first kappa shape index (κ1) is 21.0. The SMILES string of the molecule is CCCCC(=O)N1CCC(NC(=O)c2ccc3c(c2)C(=O)N(C(C)C)C3=O)CC1. The highest BCUT2D eigenvalue weighted by molar-refractivity contribution is 6.22. The van der Waals surface area contributed by atoms with Crippen molar-refractivity contribution in [1.29, 1.82) is 0 Å². The van der Waals surface area contributed by atoms with Crippen molar-refractivity contribution < 1.29 is 19.2 Å². The molecule has 0 aromatic heterocycles. The fourth-order valence-corrected chi connectivity index (χ4v) is 3.90. The van der Waals surface area contributed by atoms with Crippen molar-refractivity contribution in [1.82, 2.24) is 15.1 Å². The smallest absolute Gasteiger partial charge is 0.261 e. The minimum Gasteiger partial charge on any atom is -0.349 e. The number of benzene rings is 1. The van der Waals surface area contributed by atoms with Gasteiger partial charge in [0.25, 0.3) is 17.7 Å². The van der Waals surface area contributed by atoms with Crippen LogP contribution in [0.2, 0.25) is 0 Å². The van der Waals surface area contributed by atoms with Gasteiger partial charge >= 0.3 is 0 Å². The number of carbonyl (C=O) groups excluding carboxylic acids is 4. The second kappa shape index (κ2) is 8.76. The second-order valence-corrected chi connectivity index (χ2v) is 8.07. The molecule has 2 heterocycles. The maximum Gasteiger partial charge on any atom is 0.261 e. The monoisotopic (exact) mass is 399 g/mol. The molecule has 0 bridgehead atoms. The molecule has 0 radical (unpaired) electrons. The van der Waals surface area contributed by atoms with E-state index in [0.717, 1.165) is 12.8 Å². The summed E-state index contributed by atoms with van der Waals surface area (Å²) in [6.07, 6.45) is 3.92. The van der Waals surface area contributed by atoms with Crippen molar-refractivity contribution in [2.75, 3.05) is 13.1 Å². The summed E-state index contributed by atoms with van der Waals surface area (Å²) in [5, 5.41) is 3.00. The molecule has 3 rings (SSSR count). The van der Waals surface area contributed by atoms with Crippen LogP contribution in [0.3, 0.4) is 0 Å². The largest absolute Gasteiger partial charge is 0.349 e. The van der Waals surface area contributed by atoms with Crippen LogP contribution in [0.4, 0.5) is 0 Å². The van der Waals surface area contributed by atoms with Gasteiger partial charge in [0.05, 0.1) is 11.1 Å². The van der Waals surface area contributed by atoms with E-state index >= 15 is 0 Å². The third-order valence-corrected chi connectivity index (χ3v) is 5.62. The molecule has 2 aliphatic rings. The molecule has 7 heteroatoms. The number of piperidine rings is 1. The summed E-state index contributed by atoms with van der Waals surface area (Å²) in [4.78, 5) is 52.8. The molecule has 1 aromatic rings. The van der Waals surface area contributed by atoms with Crippen LogP contribution in [0.5, 0.6) is 0 Å². The second-order valence-electron chi connectivity index (χ2n) is 8.07. The number of likely N-dealkylation sites (tertiary alicyclic amines) is 1. The Balaban J connectivity index is 1.60. The van der Waals surface area contributed by atoms with Crippen LogP contribution in [-0.4, -0.2) is 58.6 Å². The third kappa shape index (κ3) is 4.33. The van der Waals surface area contributed by atoms with Gasteiger partial charge in [-0.1, -0.05) is 13.3 Å². The molecule has 1 saturated heterocycles. The van der Waals surface area contributed by atoms with E-state index in [-0.39, 0.29) is 41.3 Å². The predicted octanol–water partition coefficient (Wildman–Crippen LogP) is 2.60. The maximum atomic E-state index is 12.7. The summed E-state index contributed by atoms with van der Waals surface area (Å²) in [6, 6.07) is 4.42. The van der Waals surface area contributed by atoms with Crippen molar-refractivity contribution in [2.24, 2.45) is 0 Å². The molecular weight excluding hydrogens is 370 g/mol. The van der Waals surface area contributed by atoms with Gasteiger partial charge in [0, 0.05) is 37.2 Å². The number of unbranched alkanes of at least 4 members (excludes halogenated alkanes) is 1. The van der Waals surface area contributed by atoms with Gasteiger partial charge in [-0.15, -0.1) is 0 Å². The van der Waals surface area contributed by atoms with Gasteiger partial charge in [-0.3, -0.25) is 24.1 Å². The van der Waals surface area contributed by atoms with Crippen molar-refractivity contribution in [3.8, 4) is 0 Å². The molecular formula is C22H29N3O4.